The number of rotatable bonds is 3. The van der Waals surface area contributed by atoms with Gasteiger partial charge in [0, 0.05) is 0 Å². The number of nitrogens with zero attached hydrogens (tertiary/aromatic N) is 1. The Morgan fingerprint density at radius 1 is 1.50 bits per heavy atom. The molecule has 0 aliphatic carbocycles. The fraction of sp³-hybridized carbons (Fsp3) is 0.545. The van der Waals surface area contributed by atoms with Crippen LogP contribution in [0.15, 0.2) is 16.6 Å². The predicted molar refractivity (Wildman–Crippen MR) is 61.9 cm³/mol. The molecule has 1 atom stereocenters. The van der Waals surface area contributed by atoms with Gasteiger partial charge in [-0.1, -0.05) is 25.5 Å². The first kappa shape index (κ1) is 12.4. The van der Waals surface area contributed by atoms with E-state index in [-0.39, 0.29) is 11.7 Å². The number of allylic oxidation sites excluding steroid dienone is 1. The first-order chi connectivity index (χ1) is 7.48. The Morgan fingerprint density at radius 2 is 2.12 bits per heavy atom. The summed E-state index contributed by atoms with van der Waals surface area (Å²) in [5.41, 5.74) is 5.65. The van der Waals surface area contributed by atoms with Crippen molar-refractivity contribution in [3.63, 3.8) is 0 Å². The number of amides is 3. The molecule has 0 spiro atoms. The Balaban J connectivity index is 3.31. The van der Waals surface area contributed by atoms with E-state index in [1.54, 1.807) is 0 Å². The summed E-state index contributed by atoms with van der Waals surface area (Å²) in [6.45, 7) is 5.67. The molecule has 0 saturated heterocycles. The van der Waals surface area contributed by atoms with Crippen molar-refractivity contribution in [1.82, 2.24) is 5.32 Å². The molecule has 88 valence electrons. The Labute approximate surface area is 94.8 Å². The molecule has 3 amide bonds. The van der Waals surface area contributed by atoms with Crippen molar-refractivity contribution in [1.29, 1.82) is 0 Å². The van der Waals surface area contributed by atoms with Gasteiger partial charge in [0.15, 0.2) is 0 Å². The number of nitrogens with two attached hydrogens (primary N) is 1. The molecule has 1 rings (SSSR count). The monoisotopic (exact) mass is 223 g/mol. The lowest BCUT2D eigenvalue weighted by molar-refractivity contribution is -0.125. The van der Waals surface area contributed by atoms with Crippen LogP contribution in [-0.2, 0) is 4.79 Å². The van der Waals surface area contributed by atoms with Crippen LogP contribution in [0.3, 0.4) is 0 Å². The average molecular weight is 223 g/mol. The molecule has 1 aliphatic rings. The van der Waals surface area contributed by atoms with E-state index in [1.165, 1.54) is 0 Å². The van der Waals surface area contributed by atoms with Crippen molar-refractivity contribution in [2.24, 2.45) is 16.1 Å². The third-order valence-electron chi connectivity index (χ3n) is 2.98. The largest absolute Gasteiger partial charge is 0.386 e. The predicted octanol–water partition coefficient (Wildman–Crippen LogP) is 1.35. The number of aliphatic imine (C=N–C) groups is 1. The number of amidine groups is 1. The second-order valence-corrected chi connectivity index (χ2v) is 3.81. The molecule has 5 nitrogen and oxygen atoms in total. The second kappa shape index (κ2) is 4.47. The molecule has 0 radical (unpaired) electrons. The molecule has 1 aliphatic heterocycles. The highest BCUT2D eigenvalue weighted by Gasteiger charge is 2.45. The van der Waals surface area contributed by atoms with Crippen LogP contribution in [-0.4, -0.2) is 17.8 Å². The zero-order valence-electron chi connectivity index (χ0n) is 9.83. The Morgan fingerprint density at radius 3 is 2.56 bits per heavy atom. The van der Waals surface area contributed by atoms with Gasteiger partial charge in [0.2, 0.25) is 5.91 Å². The maximum Gasteiger partial charge on any atom is 0.349 e. The Hall–Kier alpha value is -1.65. The molecule has 0 saturated carbocycles. The SMILES string of the molecule is CC/C=C(/C)[C@@]1(CC)C(=O)NC(=O)N=C1N. The minimum absolute atomic E-state index is 0.0888. The third kappa shape index (κ3) is 1.73. The van der Waals surface area contributed by atoms with Crippen LogP contribution in [0.2, 0.25) is 0 Å². The number of hydrogen-bond acceptors (Lipinski definition) is 3. The van der Waals surface area contributed by atoms with E-state index in [4.69, 9.17) is 5.73 Å². The smallest absolute Gasteiger partial charge is 0.349 e. The third-order valence-corrected chi connectivity index (χ3v) is 2.98. The normalized spacial score (nSPS) is 26.4. The van der Waals surface area contributed by atoms with Gasteiger partial charge in [-0.05, 0) is 19.8 Å². The van der Waals surface area contributed by atoms with Gasteiger partial charge >= 0.3 is 6.03 Å². The molecule has 0 aromatic rings. The fourth-order valence-electron chi connectivity index (χ4n) is 2.03. The molecular formula is C11H17N3O2. The van der Waals surface area contributed by atoms with Crippen LogP contribution >= 0.6 is 0 Å². The van der Waals surface area contributed by atoms with Crippen molar-refractivity contribution in [3.05, 3.63) is 11.6 Å². The Kier molecular flexibility index (Phi) is 3.47. The van der Waals surface area contributed by atoms with Crippen LogP contribution in [0.4, 0.5) is 4.79 Å². The first-order valence-electron chi connectivity index (χ1n) is 5.36. The highest BCUT2D eigenvalue weighted by atomic mass is 16.2. The highest BCUT2D eigenvalue weighted by Crippen LogP contribution is 2.34. The van der Waals surface area contributed by atoms with E-state index in [9.17, 15) is 9.59 Å². The average Bonchev–Trinajstić information content (AvgIpc) is 2.18. The maximum atomic E-state index is 12.0. The Bertz CT molecular complexity index is 385. The number of nitrogens with one attached hydrogen (secondary N) is 1. The maximum absolute atomic E-state index is 12.0. The summed E-state index contributed by atoms with van der Waals surface area (Å²) in [7, 11) is 0. The van der Waals surface area contributed by atoms with E-state index < -0.39 is 11.4 Å². The van der Waals surface area contributed by atoms with Gasteiger partial charge < -0.3 is 5.73 Å². The van der Waals surface area contributed by atoms with Gasteiger partial charge in [0.05, 0.1) is 0 Å². The van der Waals surface area contributed by atoms with E-state index in [1.807, 2.05) is 26.8 Å². The molecule has 0 aromatic carbocycles. The molecule has 5 heteroatoms. The summed E-state index contributed by atoms with van der Waals surface area (Å²) in [4.78, 5) is 26.6. The van der Waals surface area contributed by atoms with Crippen LogP contribution in [0, 0.1) is 5.41 Å². The van der Waals surface area contributed by atoms with E-state index in [0.717, 1.165) is 12.0 Å². The van der Waals surface area contributed by atoms with E-state index >= 15 is 0 Å². The van der Waals surface area contributed by atoms with E-state index in [2.05, 4.69) is 10.3 Å². The molecule has 0 bridgehead atoms. The molecule has 0 fully saturated rings. The number of carbonyl (C=O) groups excluding carboxylic acids is 2. The summed E-state index contributed by atoms with van der Waals surface area (Å²) in [6.07, 6.45) is 3.23. The number of carbonyl (C=O) groups is 2. The molecule has 0 aromatic heterocycles. The molecule has 3 N–H and O–H groups in total. The lowest BCUT2D eigenvalue weighted by atomic mass is 9.75. The quantitative estimate of drug-likeness (QED) is 0.708. The minimum atomic E-state index is -0.954. The van der Waals surface area contributed by atoms with Crippen LogP contribution in [0.5, 0.6) is 0 Å². The van der Waals surface area contributed by atoms with Crippen LogP contribution in [0.25, 0.3) is 0 Å². The highest BCUT2D eigenvalue weighted by molar-refractivity contribution is 6.20. The van der Waals surface area contributed by atoms with Gasteiger partial charge in [-0.3, -0.25) is 10.1 Å². The minimum Gasteiger partial charge on any atom is -0.386 e. The fourth-order valence-corrected chi connectivity index (χ4v) is 2.03. The van der Waals surface area contributed by atoms with Gasteiger partial charge in [-0.2, -0.15) is 4.99 Å². The molecule has 1 heterocycles. The van der Waals surface area contributed by atoms with Crippen molar-refractivity contribution in [2.75, 3.05) is 0 Å². The summed E-state index contributed by atoms with van der Waals surface area (Å²) >= 11 is 0. The summed E-state index contributed by atoms with van der Waals surface area (Å²) in [6, 6.07) is -0.684. The standard InChI is InChI=1S/C11H17N3O2/c1-4-6-7(3)11(5-2)8(12)13-10(16)14-9(11)15/h6H,4-5H2,1-3H3,(H3,12,13,14,15,16)/b7-6-/t11-/m1/s1. The lowest BCUT2D eigenvalue weighted by Gasteiger charge is -2.33. The molecule has 16 heavy (non-hydrogen) atoms. The topological polar surface area (TPSA) is 84.5 Å². The summed E-state index contributed by atoms with van der Waals surface area (Å²) in [5.74, 6) is -0.291. The zero-order valence-corrected chi connectivity index (χ0v) is 9.83. The van der Waals surface area contributed by atoms with Crippen LogP contribution in [0.1, 0.15) is 33.6 Å². The molecular weight excluding hydrogens is 206 g/mol. The summed E-state index contributed by atoms with van der Waals surface area (Å²) in [5, 5.41) is 2.20. The van der Waals surface area contributed by atoms with Gasteiger partial charge in [0.25, 0.3) is 0 Å². The van der Waals surface area contributed by atoms with Gasteiger partial charge in [0.1, 0.15) is 11.3 Å². The van der Waals surface area contributed by atoms with Crippen molar-refractivity contribution < 1.29 is 9.59 Å². The van der Waals surface area contributed by atoms with E-state index in [0.29, 0.717) is 6.42 Å². The van der Waals surface area contributed by atoms with Crippen molar-refractivity contribution in [3.8, 4) is 0 Å². The number of hydrogen-bond donors (Lipinski definition) is 2. The number of imide groups is 1. The first-order valence-corrected chi connectivity index (χ1v) is 5.36. The number of urea groups is 1. The van der Waals surface area contributed by atoms with Crippen molar-refractivity contribution in [2.45, 2.75) is 33.6 Å². The lowest BCUT2D eigenvalue weighted by Crippen LogP contribution is -2.55. The van der Waals surface area contributed by atoms with Crippen molar-refractivity contribution >= 4 is 17.8 Å². The van der Waals surface area contributed by atoms with Crippen LogP contribution < -0.4 is 11.1 Å². The molecule has 0 unspecified atom stereocenters. The summed E-state index contributed by atoms with van der Waals surface area (Å²) < 4.78 is 0. The van der Waals surface area contributed by atoms with Gasteiger partial charge in [-0.25, -0.2) is 4.79 Å². The second-order valence-electron chi connectivity index (χ2n) is 3.81. The van der Waals surface area contributed by atoms with Gasteiger partial charge in [-0.15, -0.1) is 0 Å². The zero-order chi connectivity index (χ0) is 12.3.